The average molecular weight is 734 g/mol. The molecular formula is C37H54F3N7O5. The maximum Gasteiger partial charge on any atom is 0.405 e. The molecule has 5 rings (SSSR count). The van der Waals surface area contributed by atoms with E-state index in [-0.39, 0.29) is 36.5 Å². The number of Topliss-reactive ketones (excluding diaryl/α,β-unsaturated/α-hetero) is 1. The first-order valence-corrected chi connectivity index (χ1v) is 18.9. The molecule has 0 unspecified atom stereocenters. The molecule has 0 radical (unpaired) electrons. The Balaban J connectivity index is 1.43. The topological polar surface area (TPSA) is 162 Å². The number of carbonyl (C=O) groups is 5. The summed E-state index contributed by atoms with van der Waals surface area (Å²) in [6.45, 7) is 7.03. The molecule has 1 saturated heterocycles. The Kier molecular flexibility index (Phi) is 12.6. The van der Waals surface area contributed by atoms with E-state index in [1.165, 1.54) is 23.5 Å². The second-order valence-corrected chi connectivity index (χ2v) is 16.2. The SMILES string of the molecule is CCC[C@H](NC(=O)[C@@H]1[C@H]2CCC[C@H]2CN1C(=O)[C@@H](N[C@H]([C@H](NC(=O)c1cnccn1)C1CCCCC1)C(F)(F)F)C(C)(C)C)C(=O)C(=O)NC1CC1. The third-order valence-corrected chi connectivity index (χ3v) is 11.2. The summed E-state index contributed by atoms with van der Waals surface area (Å²) < 4.78 is 45.9. The maximum atomic E-state index is 15.3. The first kappa shape index (κ1) is 39.6. The number of likely N-dealkylation sites (tertiary alicyclic amines) is 1. The number of hydrogen-bond donors (Lipinski definition) is 4. The number of ketones is 1. The summed E-state index contributed by atoms with van der Waals surface area (Å²) in [6.07, 6.45) is 6.81. The number of amides is 4. The minimum Gasteiger partial charge on any atom is -0.347 e. The smallest absolute Gasteiger partial charge is 0.347 e. The highest BCUT2D eigenvalue weighted by Gasteiger charge is 2.55. The zero-order valence-electron chi connectivity index (χ0n) is 30.6. The van der Waals surface area contributed by atoms with Gasteiger partial charge in [0.05, 0.1) is 24.3 Å². The van der Waals surface area contributed by atoms with Crippen LogP contribution in [0.15, 0.2) is 18.6 Å². The lowest BCUT2D eigenvalue weighted by Crippen LogP contribution is -2.67. The Hall–Kier alpha value is -3.62. The van der Waals surface area contributed by atoms with Crippen molar-refractivity contribution in [3.05, 3.63) is 24.3 Å². The Morgan fingerprint density at radius 2 is 1.63 bits per heavy atom. The number of nitrogens with one attached hydrogen (secondary N) is 4. The van der Waals surface area contributed by atoms with Gasteiger partial charge in [0.25, 0.3) is 11.8 Å². The molecule has 1 aromatic rings. The van der Waals surface area contributed by atoms with Crippen LogP contribution < -0.4 is 21.3 Å². The molecule has 3 aliphatic carbocycles. The van der Waals surface area contributed by atoms with Crippen LogP contribution in [-0.2, 0) is 19.2 Å². The van der Waals surface area contributed by atoms with E-state index in [0.29, 0.717) is 38.5 Å². The minimum absolute atomic E-state index is 0.0292. The first-order chi connectivity index (χ1) is 24.6. The number of aromatic nitrogens is 2. The lowest BCUT2D eigenvalue weighted by molar-refractivity contribution is -0.172. The lowest BCUT2D eigenvalue weighted by atomic mass is 9.79. The summed E-state index contributed by atoms with van der Waals surface area (Å²) in [6, 6.07) is -7.25. The van der Waals surface area contributed by atoms with Crippen LogP contribution in [0.4, 0.5) is 13.2 Å². The number of nitrogens with zero attached hydrogens (tertiary/aromatic N) is 3. The monoisotopic (exact) mass is 733 g/mol. The van der Waals surface area contributed by atoms with Crippen LogP contribution in [0.25, 0.3) is 0 Å². The van der Waals surface area contributed by atoms with Crippen molar-refractivity contribution in [1.29, 1.82) is 0 Å². The molecule has 1 aromatic heterocycles. The van der Waals surface area contributed by atoms with Crippen LogP contribution in [0.1, 0.15) is 115 Å². The van der Waals surface area contributed by atoms with Gasteiger partial charge in [-0.2, -0.15) is 13.2 Å². The summed E-state index contributed by atoms with van der Waals surface area (Å²) in [4.78, 5) is 77.2. The van der Waals surface area contributed by atoms with Crippen molar-refractivity contribution in [2.75, 3.05) is 6.54 Å². The first-order valence-electron chi connectivity index (χ1n) is 18.9. The molecule has 288 valence electrons. The van der Waals surface area contributed by atoms with Gasteiger partial charge in [-0.25, -0.2) is 4.98 Å². The van der Waals surface area contributed by atoms with Crippen LogP contribution >= 0.6 is 0 Å². The number of fused-ring (bicyclic) bond motifs is 1. The normalized spacial score (nSPS) is 24.7. The molecule has 1 aliphatic heterocycles. The highest BCUT2D eigenvalue weighted by atomic mass is 19.4. The summed E-state index contributed by atoms with van der Waals surface area (Å²) in [5.74, 6) is -4.30. The fraction of sp³-hybridized carbons (Fsp3) is 0.757. The summed E-state index contributed by atoms with van der Waals surface area (Å²) in [5.41, 5.74) is -1.16. The Morgan fingerprint density at radius 3 is 2.23 bits per heavy atom. The van der Waals surface area contributed by atoms with Gasteiger partial charge in [-0.15, -0.1) is 0 Å². The van der Waals surface area contributed by atoms with Crippen LogP contribution in [0.3, 0.4) is 0 Å². The van der Waals surface area contributed by atoms with Gasteiger partial charge in [-0.05, 0) is 68.1 Å². The van der Waals surface area contributed by atoms with Crippen molar-refractivity contribution in [1.82, 2.24) is 36.1 Å². The van der Waals surface area contributed by atoms with Gasteiger partial charge in [-0.1, -0.05) is 59.8 Å². The van der Waals surface area contributed by atoms with Gasteiger partial charge in [0.15, 0.2) is 0 Å². The van der Waals surface area contributed by atoms with Gasteiger partial charge in [-0.3, -0.25) is 34.3 Å². The Bertz CT molecular complexity index is 1440. The number of carbonyl (C=O) groups excluding carboxylic acids is 5. The highest BCUT2D eigenvalue weighted by molar-refractivity contribution is 6.38. The molecule has 52 heavy (non-hydrogen) atoms. The van der Waals surface area contributed by atoms with Gasteiger partial charge in [0, 0.05) is 25.0 Å². The van der Waals surface area contributed by atoms with Crippen LogP contribution in [-0.4, -0.2) is 93.3 Å². The zero-order chi connectivity index (χ0) is 37.8. The predicted octanol–water partition coefficient (Wildman–Crippen LogP) is 3.85. The maximum absolute atomic E-state index is 15.3. The Morgan fingerprint density at radius 1 is 0.923 bits per heavy atom. The van der Waals surface area contributed by atoms with Crippen LogP contribution in [0.2, 0.25) is 0 Å². The number of halogens is 3. The van der Waals surface area contributed by atoms with Crippen molar-refractivity contribution in [3.8, 4) is 0 Å². The number of alkyl halides is 3. The second kappa shape index (κ2) is 16.6. The van der Waals surface area contributed by atoms with Crippen LogP contribution in [0.5, 0.6) is 0 Å². The minimum atomic E-state index is -4.87. The largest absolute Gasteiger partial charge is 0.405 e. The van der Waals surface area contributed by atoms with E-state index in [0.717, 1.165) is 32.1 Å². The summed E-state index contributed by atoms with van der Waals surface area (Å²) in [5, 5.41) is 10.8. The van der Waals surface area contributed by atoms with E-state index < -0.39 is 77.1 Å². The molecule has 0 aromatic carbocycles. The standard InChI is InChI=1S/C37H54F3N7O5/c1-5-10-25(29(48)34(51)43-23-15-16-23)44-33(50)28-24-14-9-13-22(24)20-47(28)35(52)31(36(2,3)4)46-30(37(38,39)40)27(21-11-7-6-8-12-21)45-32(49)26-19-41-17-18-42-26/h17-19,21-25,27-28,30-31,46H,5-16,20H2,1-4H3,(H,43,51)(H,44,50)(H,45,49)/t22-,24-,25-,27+,28-,30+,31+/m0/s1. The molecule has 15 heteroatoms. The van der Waals surface area contributed by atoms with Gasteiger partial charge >= 0.3 is 6.18 Å². The van der Waals surface area contributed by atoms with Crippen molar-refractivity contribution < 1.29 is 37.1 Å². The third-order valence-electron chi connectivity index (χ3n) is 11.2. The van der Waals surface area contributed by atoms with Gasteiger partial charge < -0.3 is 20.9 Å². The van der Waals surface area contributed by atoms with E-state index in [2.05, 4.69) is 31.2 Å². The van der Waals surface area contributed by atoms with E-state index in [4.69, 9.17) is 0 Å². The second-order valence-electron chi connectivity index (χ2n) is 16.2. The van der Waals surface area contributed by atoms with Crippen molar-refractivity contribution >= 4 is 29.4 Å². The van der Waals surface area contributed by atoms with Gasteiger partial charge in [0.2, 0.25) is 17.6 Å². The number of hydrogen-bond acceptors (Lipinski definition) is 8. The molecule has 7 atom stereocenters. The zero-order valence-corrected chi connectivity index (χ0v) is 30.6. The van der Waals surface area contributed by atoms with E-state index >= 15 is 13.2 Å². The molecule has 4 amide bonds. The third kappa shape index (κ3) is 9.48. The van der Waals surface area contributed by atoms with E-state index in [1.807, 2.05) is 6.92 Å². The molecule has 4 fully saturated rings. The van der Waals surface area contributed by atoms with Crippen molar-refractivity contribution in [3.63, 3.8) is 0 Å². The van der Waals surface area contributed by atoms with Gasteiger partial charge in [0.1, 0.15) is 17.8 Å². The molecule has 0 spiro atoms. The highest BCUT2D eigenvalue weighted by Crippen LogP contribution is 2.44. The Labute approximate surface area is 303 Å². The molecule has 4 N–H and O–H groups in total. The van der Waals surface area contributed by atoms with Crippen LogP contribution in [0, 0.1) is 23.2 Å². The fourth-order valence-electron chi connectivity index (χ4n) is 8.37. The molecule has 12 nitrogen and oxygen atoms in total. The molecular weight excluding hydrogens is 679 g/mol. The molecule has 0 bridgehead atoms. The van der Waals surface area contributed by atoms with E-state index in [9.17, 15) is 24.0 Å². The quantitative estimate of drug-likeness (QED) is 0.210. The summed E-state index contributed by atoms with van der Waals surface area (Å²) in [7, 11) is 0. The molecule has 2 heterocycles. The fourth-order valence-corrected chi connectivity index (χ4v) is 8.37. The average Bonchev–Trinajstić information content (AvgIpc) is 3.66. The summed E-state index contributed by atoms with van der Waals surface area (Å²) >= 11 is 0. The lowest BCUT2D eigenvalue weighted by Gasteiger charge is -2.43. The van der Waals surface area contributed by atoms with E-state index in [1.54, 1.807) is 20.8 Å². The van der Waals surface area contributed by atoms with Crippen molar-refractivity contribution in [2.45, 2.75) is 147 Å². The number of rotatable bonds is 14. The molecule has 3 saturated carbocycles. The van der Waals surface area contributed by atoms with Crippen molar-refractivity contribution in [2.24, 2.45) is 23.2 Å². The predicted molar refractivity (Wildman–Crippen MR) is 185 cm³/mol. The molecule has 4 aliphatic rings.